The highest BCUT2D eigenvalue weighted by Crippen LogP contribution is 2.32. The Hall–Kier alpha value is -3.44. The highest BCUT2D eigenvalue weighted by molar-refractivity contribution is 6.31. The second kappa shape index (κ2) is 7.89. The van der Waals surface area contributed by atoms with Crippen LogP contribution in [-0.4, -0.2) is 24.1 Å². The van der Waals surface area contributed by atoms with Gasteiger partial charge in [0.1, 0.15) is 5.75 Å². The molecular weight excluding hydrogens is 390 g/mol. The molecular formula is C23H16ClNO4. The van der Waals surface area contributed by atoms with Gasteiger partial charge in [0.05, 0.1) is 24.3 Å². The summed E-state index contributed by atoms with van der Waals surface area (Å²) in [5, 5.41) is 3.34. The van der Waals surface area contributed by atoms with Gasteiger partial charge in [-0.05, 0) is 30.3 Å². The van der Waals surface area contributed by atoms with Crippen LogP contribution < -0.4 is 10.1 Å². The number of rotatable bonds is 5. The van der Waals surface area contributed by atoms with Crippen molar-refractivity contribution in [1.82, 2.24) is 0 Å². The Bertz CT molecular complexity index is 1120. The molecule has 3 aromatic carbocycles. The number of nitrogens with one attached hydrogen (secondary N) is 1. The molecule has 0 atom stereocenters. The monoisotopic (exact) mass is 405 g/mol. The van der Waals surface area contributed by atoms with E-state index in [9.17, 15) is 14.4 Å². The average molecular weight is 406 g/mol. The van der Waals surface area contributed by atoms with Crippen LogP contribution in [0.15, 0.2) is 66.7 Å². The van der Waals surface area contributed by atoms with E-state index in [0.717, 1.165) is 0 Å². The number of hydrogen-bond donors (Lipinski definition) is 1. The van der Waals surface area contributed by atoms with E-state index in [1.165, 1.54) is 0 Å². The van der Waals surface area contributed by atoms with Gasteiger partial charge in [0.15, 0.2) is 11.6 Å². The van der Waals surface area contributed by atoms with Gasteiger partial charge in [0.2, 0.25) is 5.91 Å². The number of amides is 1. The van der Waals surface area contributed by atoms with E-state index in [-0.39, 0.29) is 36.1 Å². The molecule has 0 aromatic heterocycles. The summed E-state index contributed by atoms with van der Waals surface area (Å²) in [7, 11) is 0. The third-order valence-corrected chi connectivity index (χ3v) is 4.89. The lowest BCUT2D eigenvalue weighted by Gasteiger charge is -2.20. The lowest BCUT2D eigenvalue weighted by atomic mass is 9.83. The Labute approximate surface area is 172 Å². The van der Waals surface area contributed by atoms with Gasteiger partial charge in [-0.15, -0.1) is 0 Å². The van der Waals surface area contributed by atoms with Gasteiger partial charge in [-0.2, -0.15) is 0 Å². The van der Waals surface area contributed by atoms with Crippen molar-refractivity contribution in [2.45, 2.75) is 6.42 Å². The molecule has 0 saturated carbocycles. The summed E-state index contributed by atoms with van der Waals surface area (Å²) in [6, 6.07) is 18.4. The number of carbonyl (C=O) groups excluding carboxylic acids is 3. The van der Waals surface area contributed by atoms with E-state index in [1.807, 2.05) is 0 Å². The number of ketones is 2. The van der Waals surface area contributed by atoms with Gasteiger partial charge >= 0.3 is 0 Å². The van der Waals surface area contributed by atoms with Crippen LogP contribution in [0, 0.1) is 0 Å². The molecule has 0 saturated heterocycles. The number of fused-ring (bicyclic) bond motifs is 2. The summed E-state index contributed by atoms with van der Waals surface area (Å²) < 4.78 is 5.53. The first-order chi connectivity index (χ1) is 14.0. The van der Waals surface area contributed by atoms with E-state index < -0.39 is 0 Å². The maximum atomic E-state index is 12.9. The second-order valence-electron chi connectivity index (χ2n) is 6.53. The molecule has 0 unspecified atom stereocenters. The fraction of sp³-hybridized carbons (Fsp3) is 0.0870. The van der Waals surface area contributed by atoms with Crippen LogP contribution >= 0.6 is 11.6 Å². The van der Waals surface area contributed by atoms with Crippen molar-refractivity contribution in [2.75, 3.05) is 11.9 Å². The molecule has 5 nitrogen and oxygen atoms in total. The van der Waals surface area contributed by atoms with E-state index >= 15 is 0 Å². The summed E-state index contributed by atoms with van der Waals surface area (Å²) in [6.45, 7) is 0.165. The van der Waals surface area contributed by atoms with E-state index in [0.29, 0.717) is 33.1 Å². The molecule has 0 aliphatic heterocycles. The second-order valence-corrected chi connectivity index (χ2v) is 6.97. The maximum Gasteiger partial charge on any atom is 0.227 e. The van der Waals surface area contributed by atoms with Crippen molar-refractivity contribution < 1.29 is 19.1 Å². The highest BCUT2D eigenvalue weighted by Gasteiger charge is 2.31. The van der Waals surface area contributed by atoms with E-state index in [2.05, 4.69) is 5.32 Å². The number of benzene rings is 3. The average Bonchev–Trinajstić information content (AvgIpc) is 2.73. The molecule has 1 aliphatic carbocycles. The molecule has 4 rings (SSSR count). The minimum atomic E-state index is -0.313. The number of halogens is 1. The topological polar surface area (TPSA) is 72.5 Å². The molecule has 1 N–H and O–H groups in total. The lowest BCUT2D eigenvalue weighted by molar-refractivity contribution is -0.116. The summed E-state index contributed by atoms with van der Waals surface area (Å²) in [4.78, 5) is 38.1. The predicted octanol–water partition coefficient (Wildman–Crippen LogP) is 4.52. The molecule has 0 fully saturated rings. The normalized spacial score (nSPS) is 12.2. The van der Waals surface area contributed by atoms with Crippen LogP contribution in [0.5, 0.6) is 5.75 Å². The summed E-state index contributed by atoms with van der Waals surface area (Å²) in [5.41, 5.74) is 1.57. The Morgan fingerprint density at radius 1 is 0.828 bits per heavy atom. The number of ether oxygens (including phenoxy) is 1. The minimum absolute atomic E-state index is 0.0883. The Balaban J connectivity index is 1.49. The Morgan fingerprint density at radius 3 is 2.21 bits per heavy atom. The van der Waals surface area contributed by atoms with E-state index in [1.54, 1.807) is 66.7 Å². The zero-order chi connectivity index (χ0) is 20.4. The van der Waals surface area contributed by atoms with Crippen LogP contribution in [0.1, 0.15) is 38.3 Å². The van der Waals surface area contributed by atoms with Crippen molar-refractivity contribution in [1.29, 1.82) is 0 Å². The lowest BCUT2D eigenvalue weighted by Crippen LogP contribution is -2.24. The molecule has 1 aliphatic rings. The van der Waals surface area contributed by atoms with Gasteiger partial charge in [0.25, 0.3) is 0 Å². The van der Waals surface area contributed by atoms with Crippen molar-refractivity contribution in [3.63, 3.8) is 0 Å². The number of carbonyl (C=O) groups is 3. The Morgan fingerprint density at radius 2 is 1.48 bits per heavy atom. The van der Waals surface area contributed by atoms with Gasteiger partial charge in [-0.25, -0.2) is 0 Å². The highest BCUT2D eigenvalue weighted by atomic mass is 35.5. The third kappa shape index (κ3) is 3.77. The fourth-order valence-corrected chi connectivity index (χ4v) is 3.38. The zero-order valence-corrected chi connectivity index (χ0v) is 16.0. The molecule has 3 aromatic rings. The fourth-order valence-electron chi connectivity index (χ4n) is 3.25. The zero-order valence-electron chi connectivity index (χ0n) is 15.3. The first kappa shape index (κ1) is 18.9. The molecule has 0 heterocycles. The van der Waals surface area contributed by atoms with Crippen molar-refractivity contribution in [3.05, 3.63) is 94.0 Å². The van der Waals surface area contributed by atoms with E-state index in [4.69, 9.17) is 16.3 Å². The van der Waals surface area contributed by atoms with Crippen molar-refractivity contribution in [2.24, 2.45) is 0 Å². The van der Waals surface area contributed by atoms with Crippen LogP contribution in [0.3, 0.4) is 0 Å². The molecule has 144 valence electrons. The van der Waals surface area contributed by atoms with Crippen LogP contribution in [0.4, 0.5) is 5.69 Å². The summed E-state index contributed by atoms with van der Waals surface area (Å²) >= 11 is 5.83. The Kier molecular flexibility index (Phi) is 5.14. The quantitative estimate of drug-likeness (QED) is 0.529. The van der Waals surface area contributed by atoms with Crippen molar-refractivity contribution >= 4 is 34.8 Å². The van der Waals surface area contributed by atoms with Gasteiger partial charge < -0.3 is 10.1 Å². The van der Waals surface area contributed by atoms with Gasteiger partial charge in [0, 0.05) is 21.7 Å². The number of anilines is 1. The van der Waals surface area contributed by atoms with Crippen LogP contribution in [-0.2, 0) is 4.79 Å². The standard InChI is InChI=1S/C23H16ClNO4/c24-14-8-10-15(11-9-14)29-13-12-20(26)25-19-7-3-6-18-21(19)23(28)17-5-2-1-4-16(17)22(18)27/h1-11H,12-13H2,(H,25,26). The molecule has 0 spiro atoms. The summed E-state index contributed by atoms with van der Waals surface area (Å²) in [5.74, 6) is -0.205. The predicted molar refractivity (Wildman–Crippen MR) is 110 cm³/mol. The van der Waals surface area contributed by atoms with Crippen molar-refractivity contribution in [3.8, 4) is 5.75 Å². The first-order valence-electron chi connectivity index (χ1n) is 9.04. The summed E-state index contributed by atoms with van der Waals surface area (Å²) in [6.07, 6.45) is 0.0883. The SMILES string of the molecule is O=C(CCOc1ccc(Cl)cc1)Nc1cccc2c1C(=O)c1ccccc1C2=O. The van der Waals surface area contributed by atoms with Crippen LogP contribution in [0.2, 0.25) is 5.02 Å². The minimum Gasteiger partial charge on any atom is -0.493 e. The molecule has 6 heteroatoms. The smallest absolute Gasteiger partial charge is 0.227 e. The first-order valence-corrected chi connectivity index (χ1v) is 9.42. The molecule has 0 radical (unpaired) electrons. The van der Waals surface area contributed by atoms with Crippen LogP contribution in [0.25, 0.3) is 0 Å². The largest absolute Gasteiger partial charge is 0.493 e. The van der Waals surface area contributed by atoms with Gasteiger partial charge in [-0.1, -0.05) is 48.0 Å². The third-order valence-electron chi connectivity index (χ3n) is 4.64. The van der Waals surface area contributed by atoms with Gasteiger partial charge in [-0.3, -0.25) is 14.4 Å². The molecule has 0 bridgehead atoms. The molecule has 29 heavy (non-hydrogen) atoms. The molecule has 1 amide bonds. The number of hydrogen-bond acceptors (Lipinski definition) is 4. The maximum absolute atomic E-state index is 12.9.